The Morgan fingerprint density at radius 2 is 2.09 bits per heavy atom. The van der Waals surface area contributed by atoms with Crippen LogP contribution in [0, 0.1) is 0 Å². The fourth-order valence-corrected chi connectivity index (χ4v) is 4.35. The van der Waals surface area contributed by atoms with E-state index in [-0.39, 0.29) is 17.9 Å². The van der Waals surface area contributed by atoms with Gasteiger partial charge in [-0.15, -0.1) is 0 Å². The van der Waals surface area contributed by atoms with Crippen molar-refractivity contribution in [2.75, 3.05) is 13.7 Å². The van der Waals surface area contributed by atoms with Gasteiger partial charge in [0.1, 0.15) is 6.04 Å². The molecule has 1 saturated heterocycles. The van der Waals surface area contributed by atoms with Crippen molar-refractivity contribution >= 4 is 22.0 Å². The highest BCUT2D eigenvalue weighted by atomic mass is 32.2. The van der Waals surface area contributed by atoms with Crippen LogP contribution in [-0.2, 0) is 30.8 Å². The number of carboxylic acid groups (broad SMARTS) is 1. The van der Waals surface area contributed by atoms with Crippen molar-refractivity contribution in [1.29, 1.82) is 0 Å². The lowest BCUT2D eigenvalue weighted by Crippen LogP contribution is -2.47. The monoisotopic (exact) mass is 341 g/mol. The van der Waals surface area contributed by atoms with E-state index in [1.807, 2.05) is 0 Å². The van der Waals surface area contributed by atoms with Gasteiger partial charge in [0.15, 0.2) is 0 Å². The first-order valence-electron chi connectivity index (χ1n) is 7.26. The van der Waals surface area contributed by atoms with Crippen molar-refractivity contribution in [2.24, 2.45) is 0 Å². The number of aliphatic carboxylic acids is 1. The van der Waals surface area contributed by atoms with Gasteiger partial charge in [-0.1, -0.05) is 12.1 Å². The molecule has 0 aliphatic carbocycles. The van der Waals surface area contributed by atoms with Gasteiger partial charge in [-0.2, -0.15) is 4.31 Å². The molecule has 0 amide bonds. The third-order valence-corrected chi connectivity index (χ3v) is 5.72. The van der Waals surface area contributed by atoms with Crippen LogP contribution in [0.4, 0.5) is 0 Å². The molecule has 1 aromatic rings. The molecule has 8 heteroatoms. The summed E-state index contributed by atoms with van der Waals surface area (Å²) in [7, 11) is -2.66. The average Bonchev–Trinajstić information content (AvgIpc) is 2.55. The van der Waals surface area contributed by atoms with E-state index in [9.17, 15) is 23.1 Å². The lowest BCUT2D eigenvalue weighted by atomic mass is 10.1. The molecule has 1 aromatic carbocycles. The Labute approximate surface area is 134 Å². The number of hydrogen-bond acceptors (Lipinski definition) is 5. The number of piperidine rings is 1. The molecule has 0 saturated carbocycles. The molecule has 1 aliphatic rings. The number of esters is 1. The van der Waals surface area contributed by atoms with Crippen LogP contribution in [0.2, 0.25) is 0 Å². The standard InChI is InChI=1S/C15H19NO6S/c1-22-14(17)10-11-5-4-6-12(9-11)23(20,21)16-8-3-2-7-13(16)15(18)19/h4-6,9,13H,2-3,7-8,10H2,1H3,(H,18,19). The van der Waals surface area contributed by atoms with Gasteiger partial charge in [-0.05, 0) is 37.0 Å². The second kappa shape index (κ2) is 7.10. The fraction of sp³-hybridized carbons (Fsp3) is 0.467. The number of hydrogen-bond donors (Lipinski definition) is 1. The molecule has 23 heavy (non-hydrogen) atoms. The maximum Gasteiger partial charge on any atom is 0.322 e. The summed E-state index contributed by atoms with van der Waals surface area (Å²) in [6.45, 7) is 0.181. The van der Waals surface area contributed by atoms with Crippen LogP contribution in [0.15, 0.2) is 29.2 Å². The Balaban J connectivity index is 2.33. The van der Waals surface area contributed by atoms with Crippen LogP contribution in [0.1, 0.15) is 24.8 Å². The SMILES string of the molecule is COC(=O)Cc1cccc(S(=O)(=O)N2CCCCC2C(=O)O)c1. The molecular weight excluding hydrogens is 322 g/mol. The van der Waals surface area contributed by atoms with Crippen LogP contribution in [0.25, 0.3) is 0 Å². The molecule has 126 valence electrons. The molecule has 7 nitrogen and oxygen atoms in total. The lowest BCUT2D eigenvalue weighted by Gasteiger charge is -2.31. The summed E-state index contributed by atoms with van der Waals surface area (Å²) in [5, 5.41) is 9.26. The van der Waals surface area contributed by atoms with Crippen LogP contribution < -0.4 is 0 Å². The molecule has 1 atom stereocenters. The van der Waals surface area contributed by atoms with Gasteiger partial charge in [0.05, 0.1) is 18.4 Å². The first-order chi connectivity index (χ1) is 10.9. The molecule has 0 bridgehead atoms. The van der Waals surface area contributed by atoms with E-state index in [2.05, 4.69) is 4.74 Å². The lowest BCUT2D eigenvalue weighted by molar-refractivity contribution is -0.142. The van der Waals surface area contributed by atoms with Crippen LogP contribution >= 0.6 is 0 Å². The molecule has 2 rings (SSSR count). The molecule has 1 heterocycles. The number of sulfonamides is 1. The molecule has 0 spiro atoms. The summed E-state index contributed by atoms with van der Waals surface area (Å²) in [6, 6.07) is 4.91. The van der Waals surface area contributed by atoms with Crippen molar-refractivity contribution in [1.82, 2.24) is 4.31 Å². The normalized spacial score (nSPS) is 19.3. The van der Waals surface area contributed by atoms with E-state index in [0.29, 0.717) is 24.8 Å². The Bertz CT molecular complexity index is 700. The number of nitrogens with zero attached hydrogens (tertiary/aromatic N) is 1. The highest BCUT2D eigenvalue weighted by Crippen LogP contribution is 2.26. The second-order valence-electron chi connectivity index (χ2n) is 5.37. The Morgan fingerprint density at radius 3 is 2.74 bits per heavy atom. The molecule has 1 aliphatic heterocycles. The summed E-state index contributed by atoms with van der Waals surface area (Å²) < 4.78 is 31.1. The number of carboxylic acids is 1. The maximum absolute atomic E-state index is 12.8. The van der Waals surface area contributed by atoms with E-state index in [4.69, 9.17) is 0 Å². The van der Waals surface area contributed by atoms with E-state index < -0.39 is 28.0 Å². The van der Waals surface area contributed by atoms with Crippen molar-refractivity contribution < 1.29 is 27.9 Å². The Kier molecular flexibility index (Phi) is 5.38. The highest BCUT2D eigenvalue weighted by molar-refractivity contribution is 7.89. The molecule has 1 N–H and O–H groups in total. The zero-order valence-electron chi connectivity index (χ0n) is 12.8. The van der Waals surface area contributed by atoms with E-state index in [1.165, 1.54) is 25.3 Å². The zero-order valence-corrected chi connectivity index (χ0v) is 13.6. The summed E-state index contributed by atoms with van der Waals surface area (Å²) in [5.74, 6) is -1.61. The van der Waals surface area contributed by atoms with Crippen molar-refractivity contribution in [3.63, 3.8) is 0 Å². The second-order valence-corrected chi connectivity index (χ2v) is 7.26. The quantitative estimate of drug-likeness (QED) is 0.803. The van der Waals surface area contributed by atoms with Gasteiger partial charge in [0, 0.05) is 6.54 Å². The minimum absolute atomic E-state index is 0.00736. The van der Waals surface area contributed by atoms with Gasteiger partial charge < -0.3 is 9.84 Å². The number of ether oxygens (including phenoxy) is 1. The minimum Gasteiger partial charge on any atom is -0.480 e. The summed E-state index contributed by atoms with van der Waals surface area (Å²) in [6.07, 6.45) is 1.58. The molecule has 1 unspecified atom stereocenters. The van der Waals surface area contributed by atoms with Gasteiger partial charge in [-0.25, -0.2) is 8.42 Å². The van der Waals surface area contributed by atoms with E-state index >= 15 is 0 Å². The molecular formula is C15H19NO6S. The summed E-state index contributed by atoms with van der Waals surface area (Å²) >= 11 is 0. The zero-order chi connectivity index (χ0) is 17.0. The molecule has 0 radical (unpaired) electrons. The third-order valence-electron chi connectivity index (χ3n) is 3.82. The minimum atomic E-state index is -3.92. The van der Waals surface area contributed by atoms with Gasteiger partial charge in [-0.3, -0.25) is 9.59 Å². The largest absolute Gasteiger partial charge is 0.480 e. The van der Waals surface area contributed by atoms with E-state index in [1.54, 1.807) is 6.07 Å². The number of benzene rings is 1. The topological polar surface area (TPSA) is 101 Å². The highest BCUT2D eigenvalue weighted by Gasteiger charge is 2.37. The Hall–Kier alpha value is -1.93. The number of rotatable bonds is 5. The molecule has 0 aromatic heterocycles. The van der Waals surface area contributed by atoms with Crippen molar-refractivity contribution in [3.05, 3.63) is 29.8 Å². The van der Waals surface area contributed by atoms with Gasteiger partial charge in [0.25, 0.3) is 0 Å². The number of methoxy groups -OCH3 is 1. The van der Waals surface area contributed by atoms with Crippen LogP contribution in [0.3, 0.4) is 0 Å². The summed E-state index contributed by atoms with van der Waals surface area (Å²) in [5.41, 5.74) is 0.502. The first kappa shape index (κ1) is 17.4. The number of carbonyl (C=O) groups is 2. The average molecular weight is 341 g/mol. The van der Waals surface area contributed by atoms with Crippen LogP contribution in [-0.4, -0.2) is 49.5 Å². The van der Waals surface area contributed by atoms with Crippen molar-refractivity contribution in [2.45, 2.75) is 36.6 Å². The number of carbonyl (C=O) groups excluding carboxylic acids is 1. The smallest absolute Gasteiger partial charge is 0.322 e. The molecule has 1 fully saturated rings. The predicted molar refractivity (Wildman–Crippen MR) is 81.3 cm³/mol. The maximum atomic E-state index is 12.8. The van der Waals surface area contributed by atoms with Gasteiger partial charge in [0.2, 0.25) is 10.0 Å². The third kappa shape index (κ3) is 3.89. The van der Waals surface area contributed by atoms with Crippen molar-refractivity contribution in [3.8, 4) is 0 Å². The fourth-order valence-electron chi connectivity index (χ4n) is 2.63. The Morgan fingerprint density at radius 1 is 1.35 bits per heavy atom. The van der Waals surface area contributed by atoms with E-state index in [0.717, 1.165) is 4.31 Å². The van der Waals surface area contributed by atoms with Gasteiger partial charge >= 0.3 is 11.9 Å². The summed E-state index contributed by atoms with van der Waals surface area (Å²) in [4.78, 5) is 22.6. The van der Waals surface area contributed by atoms with Crippen LogP contribution in [0.5, 0.6) is 0 Å². The first-order valence-corrected chi connectivity index (χ1v) is 8.70. The predicted octanol–water partition coefficient (Wildman–Crippen LogP) is 1.03.